The van der Waals surface area contributed by atoms with Crippen molar-refractivity contribution in [2.75, 3.05) is 26.6 Å². The Morgan fingerprint density at radius 2 is 1.75 bits per heavy atom. The average molecular weight is 466 g/mol. The maximum Gasteiger partial charge on any atom is 0.422 e. The Balaban J connectivity index is 1.38. The summed E-state index contributed by atoms with van der Waals surface area (Å²) in [4.78, 5) is 48.3. The van der Waals surface area contributed by atoms with Gasteiger partial charge in [0.2, 0.25) is 0 Å². The van der Waals surface area contributed by atoms with Crippen LogP contribution in [0.2, 0.25) is 0 Å². The molecule has 0 N–H and O–H groups in total. The van der Waals surface area contributed by atoms with E-state index in [0.717, 1.165) is 0 Å². The number of ether oxygens (including phenoxy) is 7. The van der Waals surface area contributed by atoms with Crippen LogP contribution in [0.1, 0.15) is 0 Å². The highest BCUT2D eigenvalue weighted by Gasteiger charge is 2.72. The van der Waals surface area contributed by atoms with E-state index in [4.69, 9.17) is 28.4 Å². The molecule has 6 unspecified atom stereocenters. The summed E-state index contributed by atoms with van der Waals surface area (Å²) in [6.45, 7) is 1.65. The zero-order valence-electron chi connectivity index (χ0n) is 16.2. The molecular formula is C18H17F3O11. The molecular weight excluding hydrogens is 449 g/mol. The first kappa shape index (κ1) is 22.5. The minimum atomic E-state index is -5.02. The maximum atomic E-state index is 12.7. The Morgan fingerprint density at radius 1 is 1.06 bits per heavy atom. The van der Waals surface area contributed by atoms with E-state index in [1.165, 1.54) is 0 Å². The Bertz CT molecular complexity index is 835. The summed E-state index contributed by atoms with van der Waals surface area (Å²) in [6.07, 6.45) is -9.93. The Kier molecular flexibility index (Phi) is 5.85. The van der Waals surface area contributed by atoms with Crippen LogP contribution in [-0.2, 0) is 52.3 Å². The number of halogens is 3. The second-order valence-corrected chi connectivity index (χ2v) is 7.44. The maximum absolute atomic E-state index is 12.7. The van der Waals surface area contributed by atoms with Gasteiger partial charge in [-0.3, -0.25) is 9.59 Å². The van der Waals surface area contributed by atoms with Crippen LogP contribution in [-0.4, -0.2) is 87.2 Å². The van der Waals surface area contributed by atoms with E-state index in [1.54, 1.807) is 0 Å². The van der Waals surface area contributed by atoms with Crippen LogP contribution >= 0.6 is 0 Å². The lowest BCUT2D eigenvalue weighted by molar-refractivity contribution is -0.190. The first-order valence-corrected chi connectivity index (χ1v) is 9.42. The average Bonchev–Trinajstić information content (AvgIpc) is 3.35. The molecule has 0 aromatic heterocycles. The summed E-state index contributed by atoms with van der Waals surface area (Å²) in [5.74, 6) is -6.69. The number of fused-ring (bicyclic) bond motifs is 1. The van der Waals surface area contributed by atoms with E-state index in [2.05, 4.69) is 11.3 Å². The summed E-state index contributed by atoms with van der Waals surface area (Å²) >= 11 is 0. The first-order chi connectivity index (χ1) is 15.1. The van der Waals surface area contributed by atoms with Gasteiger partial charge in [-0.25, -0.2) is 9.59 Å². The molecule has 4 saturated heterocycles. The van der Waals surface area contributed by atoms with Crippen LogP contribution in [0.3, 0.4) is 0 Å². The lowest BCUT2D eigenvalue weighted by atomic mass is 9.78. The second-order valence-electron chi connectivity index (χ2n) is 7.44. The number of alkyl halides is 3. The molecule has 11 nitrogen and oxygen atoms in total. The van der Waals surface area contributed by atoms with Crippen LogP contribution in [0.4, 0.5) is 13.2 Å². The van der Waals surface area contributed by atoms with Gasteiger partial charge in [0.25, 0.3) is 0 Å². The molecule has 0 radical (unpaired) electrons. The number of hydrogen-bond donors (Lipinski definition) is 0. The van der Waals surface area contributed by atoms with Gasteiger partial charge in [0.1, 0.15) is 42.5 Å². The minimum absolute atomic E-state index is 0.0564. The number of carbonyl (C=O) groups is 4. The van der Waals surface area contributed by atoms with Crippen molar-refractivity contribution in [3.63, 3.8) is 0 Å². The van der Waals surface area contributed by atoms with Gasteiger partial charge in [-0.2, -0.15) is 13.2 Å². The van der Waals surface area contributed by atoms with Gasteiger partial charge in [-0.15, -0.1) is 0 Å². The van der Waals surface area contributed by atoms with Crippen LogP contribution in [0.15, 0.2) is 12.2 Å². The quantitative estimate of drug-likeness (QED) is 0.283. The zero-order chi connectivity index (χ0) is 23.2. The molecule has 176 valence electrons. The predicted octanol–water partition coefficient (Wildman–Crippen LogP) is -0.585. The van der Waals surface area contributed by atoms with Crippen molar-refractivity contribution in [2.24, 2.45) is 11.8 Å². The SMILES string of the molecule is C=C(C(=O)OCC(=O)OC1C2OC(=O)C3C2OC1C3C(=O)OC1COCOC1)C(F)(F)F. The van der Waals surface area contributed by atoms with Crippen molar-refractivity contribution < 1.29 is 65.5 Å². The number of carbonyl (C=O) groups excluding carboxylic acids is 4. The third-order valence-electron chi connectivity index (χ3n) is 5.41. The largest absolute Gasteiger partial charge is 0.457 e. The Labute approximate surface area is 177 Å². The van der Waals surface area contributed by atoms with Gasteiger partial charge in [0.15, 0.2) is 18.8 Å². The molecule has 4 rings (SSSR count). The molecule has 32 heavy (non-hydrogen) atoms. The topological polar surface area (TPSA) is 133 Å². The van der Waals surface area contributed by atoms with Gasteiger partial charge in [-0.1, -0.05) is 6.58 Å². The number of esters is 4. The van der Waals surface area contributed by atoms with Crippen molar-refractivity contribution in [1.82, 2.24) is 0 Å². The number of rotatable bonds is 6. The molecule has 0 aliphatic carbocycles. The van der Waals surface area contributed by atoms with Crippen molar-refractivity contribution in [3.8, 4) is 0 Å². The molecule has 6 atom stereocenters. The van der Waals surface area contributed by atoms with Crippen molar-refractivity contribution >= 4 is 23.9 Å². The van der Waals surface area contributed by atoms with Crippen molar-refractivity contribution in [3.05, 3.63) is 12.2 Å². The minimum Gasteiger partial charge on any atom is -0.457 e. The van der Waals surface area contributed by atoms with Gasteiger partial charge in [0.05, 0.1) is 13.2 Å². The summed E-state index contributed by atoms with van der Waals surface area (Å²) in [5, 5.41) is 0. The lowest BCUT2D eigenvalue weighted by Crippen LogP contribution is -2.49. The summed E-state index contributed by atoms with van der Waals surface area (Å²) in [6, 6.07) is 0. The molecule has 0 aromatic rings. The van der Waals surface area contributed by atoms with Gasteiger partial charge < -0.3 is 33.2 Å². The van der Waals surface area contributed by atoms with E-state index >= 15 is 0 Å². The molecule has 4 fully saturated rings. The second kappa shape index (κ2) is 8.33. The zero-order valence-corrected chi connectivity index (χ0v) is 16.2. The van der Waals surface area contributed by atoms with Gasteiger partial charge >= 0.3 is 30.1 Å². The van der Waals surface area contributed by atoms with E-state index in [1.807, 2.05) is 0 Å². The smallest absolute Gasteiger partial charge is 0.422 e. The fourth-order valence-corrected chi connectivity index (χ4v) is 4.03. The first-order valence-electron chi connectivity index (χ1n) is 9.42. The van der Waals surface area contributed by atoms with Crippen molar-refractivity contribution in [1.29, 1.82) is 0 Å². The molecule has 0 aromatic carbocycles. The van der Waals surface area contributed by atoms with E-state index in [0.29, 0.717) is 0 Å². The van der Waals surface area contributed by atoms with E-state index < -0.39 is 84.6 Å². The van der Waals surface area contributed by atoms with Crippen LogP contribution in [0.25, 0.3) is 0 Å². The van der Waals surface area contributed by atoms with Crippen LogP contribution in [0.5, 0.6) is 0 Å². The fourth-order valence-electron chi connectivity index (χ4n) is 4.03. The van der Waals surface area contributed by atoms with E-state index in [9.17, 15) is 32.3 Å². The molecule has 14 heteroatoms. The Morgan fingerprint density at radius 3 is 2.41 bits per heavy atom. The third kappa shape index (κ3) is 4.04. The summed E-state index contributed by atoms with van der Waals surface area (Å²) < 4.78 is 72.9. The molecule has 2 bridgehead atoms. The van der Waals surface area contributed by atoms with Gasteiger partial charge in [-0.05, 0) is 0 Å². The normalized spacial score (nSPS) is 33.5. The van der Waals surface area contributed by atoms with Crippen LogP contribution < -0.4 is 0 Å². The highest BCUT2D eigenvalue weighted by atomic mass is 19.4. The number of hydrogen-bond acceptors (Lipinski definition) is 11. The lowest BCUT2D eigenvalue weighted by Gasteiger charge is -2.29. The third-order valence-corrected chi connectivity index (χ3v) is 5.41. The van der Waals surface area contributed by atoms with E-state index in [-0.39, 0.29) is 20.0 Å². The van der Waals surface area contributed by atoms with Crippen molar-refractivity contribution in [2.45, 2.75) is 36.7 Å². The highest BCUT2D eigenvalue weighted by Crippen LogP contribution is 2.51. The molecule has 0 saturated carbocycles. The molecule has 4 heterocycles. The standard InChI is InChI=1S/C18H17F3O11/c1-6(18(19,20)21)15(23)28-4-8(22)30-13-11-9(10-12(31-11)14(13)32-17(10)25)16(24)29-7-2-26-5-27-3-7/h7,9-14H,1-5H2. The highest BCUT2D eigenvalue weighted by molar-refractivity contribution is 5.90. The molecule has 4 aliphatic heterocycles. The monoisotopic (exact) mass is 466 g/mol. The Hall–Kier alpha value is -2.71. The molecule has 0 amide bonds. The molecule has 4 aliphatic rings. The molecule has 0 spiro atoms. The van der Waals surface area contributed by atoms with Gasteiger partial charge in [0, 0.05) is 0 Å². The fraction of sp³-hybridized carbons (Fsp3) is 0.667. The van der Waals surface area contributed by atoms with Crippen LogP contribution in [0, 0.1) is 11.8 Å². The summed E-state index contributed by atoms with van der Waals surface area (Å²) in [5.41, 5.74) is -1.79. The predicted molar refractivity (Wildman–Crippen MR) is 88.2 cm³/mol. The summed E-state index contributed by atoms with van der Waals surface area (Å²) in [7, 11) is 0.